The predicted molar refractivity (Wildman–Crippen MR) is 50.8 cm³/mol. The van der Waals surface area contributed by atoms with E-state index in [4.69, 9.17) is 10.8 Å². The van der Waals surface area contributed by atoms with Crippen LogP contribution < -0.4 is 0 Å². The third kappa shape index (κ3) is 0.997. The van der Waals surface area contributed by atoms with Crippen LogP contribution in [-0.2, 0) is 9.59 Å². The van der Waals surface area contributed by atoms with Crippen molar-refractivity contribution in [1.29, 1.82) is 10.8 Å². The largest absolute Gasteiger partial charge is 0.305 e. The first-order chi connectivity index (χ1) is 6.63. The second kappa shape index (κ2) is 2.83. The van der Waals surface area contributed by atoms with Gasteiger partial charge in [0, 0.05) is 11.3 Å². The Labute approximate surface area is 81.7 Å². The molecule has 0 aromatic carbocycles. The van der Waals surface area contributed by atoms with E-state index in [1.54, 1.807) is 0 Å². The Hall–Kier alpha value is -1.32. The highest BCUT2D eigenvalue weighted by molar-refractivity contribution is 6.31. The monoisotopic (exact) mass is 192 g/mol. The summed E-state index contributed by atoms with van der Waals surface area (Å²) in [6.07, 6.45) is 3.76. The van der Waals surface area contributed by atoms with Crippen LogP contribution in [0, 0.1) is 28.1 Å². The van der Waals surface area contributed by atoms with E-state index in [2.05, 4.69) is 0 Å². The van der Waals surface area contributed by atoms with E-state index >= 15 is 0 Å². The summed E-state index contributed by atoms with van der Waals surface area (Å²) in [5, 5.41) is 13.8. The molecule has 74 valence electrons. The fourth-order valence-electron chi connectivity index (χ4n) is 2.88. The molecule has 2 N–H and O–H groups in total. The van der Waals surface area contributed by atoms with Gasteiger partial charge in [0.15, 0.2) is 11.6 Å². The van der Waals surface area contributed by atoms with Gasteiger partial charge in [0.05, 0.1) is 12.4 Å². The van der Waals surface area contributed by atoms with E-state index in [0.29, 0.717) is 6.42 Å². The number of carbonyl (C=O) groups excluding carboxylic acids is 2. The molecule has 4 nitrogen and oxygen atoms in total. The summed E-state index contributed by atoms with van der Waals surface area (Å²) < 4.78 is 0. The molecule has 14 heavy (non-hydrogen) atoms. The zero-order valence-electron chi connectivity index (χ0n) is 7.75. The first kappa shape index (κ1) is 9.24. The molecule has 3 rings (SSSR count). The summed E-state index contributed by atoms with van der Waals surface area (Å²) in [6, 6.07) is 0. The summed E-state index contributed by atoms with van der Waals surface area (Å²) >= 11 is 0. The average Bonchev–Trinajstić information content (AvgIpc) is 2.69. The Morgan fingerprint density at radius 2 is 1.79 bits per heavy atom. The van der Waals surface area contributed by atoms with Crippen LogP contribution in [0.2, 0.25) is 0 Å². The number of Topliss-reactive ketones (excluding diaryl/α,β-unsaturated/α-hetero) is 2. The predicted octanol–water partition coefficient (Wildman–Crippen LogP) is 0.840. The van der Waals surface area contributed by atoms with E-state index in [9.17, 15) is 9.59 Å². The number of rotatable bonds is 4. The van der Waals surface area contributed by atoms with Crippen molar-refractivity contribution in [2.45, 2.75) is 19.3 Å². The Morgan fingerprint density at radius 3 is 2.29 bits per heavy atom. The van der Waals surface area contributed by atoms with Crippen molar-refractivity contribution in [3.05, 3.63) is 0 Å². The normalized spacial score (nSPS) is 38.6. The lowest BCUT2D eigenvalue weighted by Crippen LogP contribution is -2.37. The van der Waals surface area contributed by atoms with Crippen LogP contribution in [0.25, 0.3) is 0 Å². The Morgan fingerprint density at radius 1 is 1.14 bits per heavy atom. The standard InChI is InChI=1S/C10H12N2O2/c11-4-8(13)7-3-10(9(14)5-12)1-6(7)2-10/h4-7,11-12H,1-3H2/t6?,7-,10?/m1/s1. The van der Waals surface area contributed by atoms with Crippen molar-refractivity contribution >= 4 is 24.0 Å². The van der Waals surface area contributed by atoms with Crippen molar-refractivity contribution in [3.63, 3.8) is 0 Å². The highest BCUT2D eigenvalue weighted by Crippen LogP contribution is 2.62. The van der Waals surface area contributed by atoms with E-state index in [0.717, 1.165) is 25.3 Å². The molecule has 2 bridgehead atoms. The lowest BCUT2D eigenvalue weighted by Gasteiger charge is -2.35. The van der Waals surface area contributed by atoms with Crippen molar-refractivity contribution in [2.24, 2.45) is 17.3 Å². The molecule has 3 aliphatic carbocycles. The minimum Gasteiger partial charge on any atom is -0.305 e. The third-order valence-electron chi connectivity index (χ3n) is 3.65. The van der Waals surface area contributed by atoms with Crippen LogP contribution in [0.4, 0.5) is 0 Å². The van der Waals surface area contributed by atoms with Gasteiger partial charge in [0.25, 0.3) is 0 Å². The maximum absolute atomic E-state index is 11.4. The number of ketones is 2. The lowest BCUT2D eigenvalue weighted by atomic mass is 9.67. The topological polar surface area (TPSA) is 81.8 Å². The number of nitrogens with one attached hydrogen (secondary N) is 2. The van der Waals surface area contributed by atoms with E-state index in [1.165, 1.54) is 0 Å². The second-order valence-electron chi connectivity index (χ2n) is 4.31. The molecule has 4 heteroatoms. The van der Waals surface area contributed by atoms with E-state index in [-0.39, 0.29) is 23.4 Å². The van der Waals surface area contributed by atoms with Gasteiger partial charge in [-0.1, -0.05) is 0 Å². The fourth-order valence-corrected chi connectivity index (χ4v) is 2.88. The third-order valence-corrected chi connectivity index (χ3v) is 3.65. The van der Waals surface area contributed by atoms with Crippen molar-refractivity contribution < 1.29 is 9.59 Å². The number of carbonyl (C=O) groups is 2. The second-order valence-corrected chi connectivity index (χ2v) is 4.31. The molecule has 0 aromatic heterocycles. The fraction of sp³-hybridized carbons (Fsp3) is 0.600. The lowest BCUT2D eigenvalue weighted by molar-refractivity contribution is -0.125. The molecule has 0 saturated heterocycles. The van der Waals surface area contributed by atoms with Crippen LogP contribution in [0.15, 0.2) is 0 Å². The highest BCUT2D eigenvalue weighted by Gasteiger charge is 2.60. The first-order valence-corrected chi connectivity index (χ1v) is 4.72. The Kier molecular flexibility index (Phi) is 1.87. The molecular formula is C10H12N2O2. The molecular weight excluding hydrogens is 180 g/mol. The van der Waals surface area contributed by atoms with Crippen molar-refractivity contribution in [3.8, 4) is 0 Å². The number of hydrogen-bond donors (Lipinski definition) is 2. The Balaban J connectivity index is 2.14. The minimum absolute atomic E-state index is 0.128. The summed E-state index contributed by atoms with van der Waals surface area (Å²) in [7, 11) is 0. The SMILES string of the molecule is N=CC(=O)[C@@H]1CC2(C(=O)C=N)CC1C2. The van der Waals surface area contributed by atoms with E-state index < -0.39 is 5.41 Å². The molecule has 0 heterocycles. The average molecular weight is 192 g/mol. The van der Waals surface area contributed by atoms with Gasteiger partial charge >= 0.3 is 0 Å². The zero-order chi connectivity index (χ0) is 10.3. The molecule has 0 unspecified atom stereocenters. The summed E-state index contributed by atoms with van der Waals surface area (Å²) in [5.74, 6) is -0.148. The van der Waals surface area contributed by atoms with Gasteiger partial charge in [-0.05, 0) is 25.2 Å². The Bertz CT molecular complexity index is 329. The number of fused-ring (bicyclic) bond motifs is 1. The smallest absolute Gasteiger partial charge is 0.179 e. The van der Waals surface area contributed by atoms with Gasteiger partial charge in [-0.2, -0.15) is 0 Å². The van der Waals surface area contributed by atoms with Crippen LogP contribution in [0.3, 0.4) is 0 Å². The highest BCUT2D eigenvalue weighted by atomic mass is 16.1. The van der Waals surface area contributed by atoms with Gasteiger partial charge in [0.1, 0.15) is 0 Å². The minimum atomic E-state index is -0.407. The molecule has 0 radical (unpaired) electrons. The van der Waals surface area contributed by atoms with E-state index in [1.807, 2.05) is 0 Å². The molecule has 3 aliphatic rings. The number of hydrogen-bond acceptors (Lipinski definition) is 4. The van der Waals surface area contributed by atoms with Gasteiger partial charge in [-0.25, -0.2) is 0 Å². The summed E-state index contributed by atoms with van der Waals surface area (Å²) in [5.41, 5.74) is -0.407. The van der Waals surface area contributed by atoms with Gasteiger partial charge in [-0.15, -0.1) is 0 Å². The van der Waals surface area contributed by atoms with Crippen LogP contribution >= 0.6 is 0 Å². The van der Waals surface area contributed by atoms with Gasteiger partial charge in [0.2, 0.25) is 0 Å². The molecule has 3 saturated carbocycles. The van der Waals surface area contributed by atoms with Crippen LogP contribution in [-0.4, -0.2) is 24.0 Å². The summed E-state index contributed by atoms with van der Waals surface area (Å²) in [4.78, 5) is 22.7. The van der Waals surface area contributed by atoms with Crippen molar-refractivity contribution in [1.82, 2.24) is 0 Å². The molecule has 0 spiro atoms. The van der Waals surface area contributed by atoms with Crippen LogP contribution in [0.1, 0.15) is 19.3 Å². The maximum Gasteiger partial charge on any atom is 0.179 e. The van der Waals surface area contributed by atoms with Gasteiger partial charge in [-0.3, -0.25) is 9.59 Å². The van der Waals surface area contributed by atoms with Crippen LogP contribution in [0.5, 0.6) is 0 Å². The molecule has 0 amide bonds. The molecule has 0 aliphatic heterocycles. The molecule has 0 aromatic rings. The van der Waals surface area contributed by atoms with Crippen molar-refractivity contribution in [2.75, 3.05) is 0 Å². The van der Waals surface area contributed by atoms with Gasteiger partial charge < -0.3 is 10.8 Å². The quantitative estimate of drug-likeness (QED) is 0.647. The molecule has 3 fully saturated rings. The maximum atomic E-state index is 11.4. The zero-order valence-corrected chi connectivity index (χ0v) is 7.75. The molecule has 1 atom stereocenters. The first-order valence-electron chi connectivity index (χ1n) is 4.72. The summed E-state index contributed by atoms with van der Waals surface area (Å²) in [6.45, 7) is 0.